The number of ether oxygens (including phenoxy) is 1. The van der Waals surface area contributed by atoms with E-state index in [1.165, 1.54) is 12.1 Å². The number of hydrogen-bond acceptors (Lipinski definition) is 3. The molecule has 0 saturated carbocycles. The van der Waals surface area contributed by atoms with Gasteiger partial charge in [-0.2, -0.15) is 0 Å². The lowest BCUT2D eigenvalue weighted by Gasteiger charge is -2.50. The molecule has 0 unspecified atom stereocenters. The van der Waals surface area contributed by atoms with E-state index in [9.17, 15) is 9.18 Å². The van der Waals surface area contributed by atoms with Crippen molar-refractivity contribution in [2.24, 2.45) is 0 Å². The molecule has 21 heavy (non-hydrogen) atoms. The predicted molar refractivity (Wildman–Crippen MR) is 79.3 cm³/mol. The molecule has 1 amide bonds. The molecule has 0 N–H and O–H groups in total. The first-order chi connectivity index (χ1) is 10.0. The van der Waals surface area contributed by atoms with Gasteiger partial charge in [-0.25, -0.2) is 9.18 Å². The highest BCUT2D eigenvalue weighted by Crippen LogP contribution is 2.39. The Morgan fingerprint density at radius 3 is 2.67 bits per heavy atom. The van der Waals surface area contributed by atoms with Crippen LogP contribution in [-0.4, -0.2) is 43.3 Å². The zero-order valence-corrected chi connectivity index (χ0v) is 12.7. The third-order valence-corrected chi connectivity index (χ3v) is 4.84. The molecule has 0 bridgehead atoms. The number of hydrogen-bond donors (Lipinski definition) is 0. The Bertz CT molecular complexity index is 559. The predicted octanol–water partition coefficient (Wildman–Crippen LogP) is 3.29. The molecule has 3 rings (SSSR count). The molecule has 2 saturated heterocycles. The van der Waals surface area contributed by atoms with Gasteiger partial charge >= 0.3 is 6.09 Å². The number of rotatable bonds is 1. The Morgan fingerprint density at radius 1 is 1.29 bits per heavy atom. The highest BCUT2D eigenvalue weighted by atomic mass is 35.5. The minimum atomic E-state index is -0.518. The number of nitrogens with zero attached hydrogens (tertiary/aromatic N) is 2. The Kier molecular flexibility index (Phi) is 3.80. The summed E-state index contributed by atoms with van der Waals surface area (Å²) >= 11 is 5.74. The van der Waals surface area contributed by atoms with E-state index >= 15 is 0 Å². The van der Waals surface area contributed by atoms with Crippen molar-refractivity contribution >= 4 is 23.4 Å². The van der Waals surface area contributed by atoms with Crippen molar-refractivity contribution < 1.29 is 13.9 Å². The van der Waals surface area contributed by atoms with Crippen LogP contribution in [0.1, 0.15) is 19.3 Å². The summed E-state index contributed by atoms with van der Waals surface area (Å²) in [4.78, 5) is 16.2. The molecule has 1 spiro atoms. The fourth-order valence-corrected chi connectivity index (χ4v) is 3.33. The molecule has 4 nitrogen and oxygen atoms in total. The van der Waals surface area contributed by atoms with Crippen molar-refractivity contribution in [3.05, 3.63) is 29.0 Å². The second-order valence-electron chi connectivity index (χ2n) is 5.83. The third kappa shape index (κ3) is 2.60. The van der Waals surface area contributed by atoms with Gasteiger partial charge in [-0.3, -0.25) is 4.90 Å². The first kappa shape index (κ1) is 14.6. The first-order valence-electron chi connectivity index (χ1n) is 7.12. The normalized spacial score (nSPS) is 22.4. The SMILES string of the molecule is CN1CCC2(CCOC(=O)N2c2ccc(Cl)c(F)c2)CC1. The number of cyclic esters (lactones) is 1. The van der Waals surface area contributed by atoms with Crippen LogP contribution >= 0.6 is 11.6 Å². The lowest BCUT2D eigenvalue weighted by atomic mass is 9.82. The number of carbonyl (C=O) groups excluding carboxylic acids is 1. The van der Waals surface area contributed by atoms with Gasteiger partial charge in [-0.05, 0) is 38.1 Å². The van der Waals surface area contributed by atoms with Crippen LogP contribution in [0.4, 0.5) is 14.9 Å². The summed E-state index contributed by atoms with van der Waals surface area (Å²) in [7, 11) is 2.07. The van der Waals surface area contributed by atoms with Crippen LogP contribution in [0.2, 0.25) is 5.02 Å². The molecule has 2 heterocycles. The zero-order chi connectivity index (χ0) is 15.0. The molecule has 2 fully saturated rings. The largest absolute Gasteiger partial charge is 0.449 e. The molecule has 0 radical (unpaired) electrons. The number of likely N-dealkylation sites (tertiary alicyclic amines) is 1. The van der Waals surface area contributed by atoms with Gasteiger partial charge in [-0.1, -0.05) is 11.6 Å². The van der Waals surface area contributed by atoms with E-state index in [0.29, 0.717) is 12.3 Å². The van der Waals surface area contributed by atoms with Crippen molar-refractivity contribution in [2.45, 2.75) is 24.8 Å². The fourth-order valence-electron chi connectivity index (χ4n) is 3.21. The molecule has 0 aliphatic carbocycles. The number of carbonyl (C=O) groups is 1. The van der Waals surface area contributed by atoms with E-state index < -0.39 is 11.9 Å². The molecule has 0 aromatic heterocycles. The van der Waals surface area contributed by atoms with Gasteiger partial charge in [0.05, 0.1) is 22.9 Å². The Balaban J connectivity index is 1.98. The van der Waals surface area contributed by atoms with E-state index in [1.807, 2.05) is 0 Å². The quantitative estimate of drug-likeness (QED) is 0.797. The summed E-state index contributed by atoms with van der Waals surface area (Å²) in [5, 5.41) is 0.0570. The Hall–Kier alpha value is -1.33. The second kappa shape index (κ2) is 5.46. The van der Waals surface area contributed by atoms with Crippen LogP contribution in [-0.2, 0) is 4.74 Å². The Morgan fingerprint density at radius 2 is 2.00 bits per heavy atom. The average Bonchev–Trinajstić information content (AvgIpc) is 2.46. The lowest BCUT2D eigenvalue weighted by molar-refractivity contribution is 0.0791. The molecule has 6 heteroatoms. The Labute approximate surface area is 128 Å². The second-order valence-corrected chi connectivity index (χ2v) is 6.23. The number of halogens is 2. The summed E-state index contributed by atoms with van der Waals surface area (Å²) in [5.74, 6) is -0.518. The van der Waals surface area contributed by atoms with E-state index in [1.54, 1.807) is 11.0 Å². The maximum atomic E-state index is 13.8. The summed E-state index contributed by atoms with van der Waals surface area (Å²) in [6, 6.07) is 4.48. The molecule has 1 aromatic carbocycles. The van der Waals surface area contributed by atoms with Gasteiger partial charge < -0.3 is 9.64 Å². The fraction of sp³-hybridized carbons (Fsp3) is 0.533. The van der Waals surface area contributed by atoms with Crippen LogP contribution in [0, 0.1) is 5.82 Å². The van der Waals surface area contributed by atoms with Gasteiger partial charge in [-0.15, -0.1) is 0 Å². The highest BCUT2D eigenvalue weighted by molar-refractivity contribution is 6.30. The van der Waals surface area contributed by atoms with Gasteiger partial charge in [0, 0.05) is 19.5 Å². The highest BCUT2D eigenvalue weighted by Gasteiger charge is 2.46. The number of piperidine rings is 1. The van der Waals surface area contributed by atoms with Gasteiger partial charge in [0.1, 0.15) is 5.82 Å². The zero-order valence-electron chi connectivity index (χ0n) is 11.9. The minimum Gasteiger partial charge on any atom is -0.449 e. The minimum absolute atomic E-state index is 0.0570. The van der Waals surface area contributed by atoms with Crippen molar-refractivity contribution in [2.75, 3.05) is 31.6 Å². The molecule has 2 aliphatic heterocycles. The number of benzene rings is 1. The lowest BCUT2D eigenvalue weighted by Crippen LogP contribution is -2.60. The van der Waals surface area contributed by atoms with Gasteiger partial charge in [0.15, 0.2) is 0 Å². The first-order valence-corrected chi connectivity index (χ1v) is 7.50. The number of amides is 1. The molecular weight excluding hydrogens is 295 g/mol. The third-order valence-electron chi connectivity index (χ3n) is 4.53. The van der Waals surface area contributed by atoms with Crippen LogP contribution in [0.5, 0.6) is 0 Å². The van der Waals surface area contributed by atoms with Crippen molar-refractivity contribution in [3.8, 4) is 0 Å². The molecular formula is C15H18ClFN2O2. The monoisotopic (exact) mass is 312 g/mol. The maximum Gasteiger partial charge on any atom is 0.414 e. The van der Waals surface area contributed by atoms with Crippen LogP contribution in [0.15, 0.2) is 18.2 Å². The topological polar surface area (TPSA) is 32.8 Å². The summed E-state index contributed by atoms with van der Waals surface area (Å²) in [6.45, 7) is 2.26. The van der Waals surface area contributed by atoms with Crippen LogP contribution < -0.4 is 4.90 Å². The summed E-state index contributed by atoms with van der Waals surface area (Å²) in [5.41, 5.74) is 0.244. The molecule has 0 atom stereocenters. The number of anilines is 1. The van der Waals surface area contributed by atoms with Crippen molar-refractivity contribution in [1.82, 2.24) is 4.90 Å². The van der Waals surface area contributed by atoms with Crippen LogP contribution in [0.25, 0.3) is 0 Å². The van der Waals surface area contributed by atoms with E-state index in [-0.39, 0.29) is 10.6 Å². The van der Waals surface area contributed by atoms with Gasteiger partial charge in [0.25, 0.3) is 0 Å². The van der Waals surface area contributed by atoms with E-state index in [4.69, 9.17) is 16.3 Å². The molecule has 1 aromatic rings. The summed E-state index contributed by atoms with van der Waals surface area (Å²) < 4.78 is 18.9. The standard InChI is InChI=1S/C15H18ClFN2O2/c1-18-7-4-15(5-8-18)6-9-21-14(20)19(15)11-2-3-12(16)13(17)10-11/h2-3,10H,4-9H2,1H3. The van der Waals surface area contributed by atoms with Crippen molar-refractivity contribution in [3.63, 3.8) is 0 Å². The maximum absolute atomic E-state index is 13.8. The van der Waals surface area contributed by atoms with Gasteiger partial charge in [0.2, 0.25) is 0 Å². The van der Waals surface area contributed by atoms with Crippen LogP contribution in [0.3, 0.4) is 0 Å². The molecule has 2 aliphatic rings. The molecule has 114 valence electrons. The van der Waals surface area contributed by atoms with Crippen molar-refractivity contribution in [1.29, 1.82) is 0 Å². The summed E-state index contributed by atoms with van der Waals surface area (Å²) in [6.07, 6.45) is 2.11. The average molecular weight is 313 g/mol. The van der Waals surface area contributed by atoms with E-state index in [2.05, 4.69) is 11.9 Å². The smallest absolute Gasteiger partial charge is 0.414 e. The van der Waals surface area contributed by atoms with E-state index in [0.717, 1.165) is 32.4 Å².